The minimum absolute atomic E-state index is 0.237. The molecule has 34 heavy (non-hydrogen) atoms. The number of benzene rings is 2. The third kappa shape index (κ3) is 6.21. The Kier molecular flexibility index (Phi) is 7.56. The Labute approximate surface area is 200 Å². The third-order valence-corrected chi connectivity index (χ3v) is 5.63. The Morgan fingerprint density at radius 1 is 1.12 bits per heavy atom. The minimum Gasteiger partial charge on any atom is -0.392 e. The number of nitrogens with one attached hydrogen (secondary N) is 2. The average molecular weight is 462 g/mol. The topological polar surface area (TPSA) is 95.8 Å². The molecular formula is C25H31N7O2. The second kappa shape index (κ2) is 11.0. The number of carbonyl (C=O) groups excluding carboxylic acids is 1. The van der Waals surface area contributed by atoms with Crippen molar-refractivity contribution >= 4 is 35.0 Å². The van der Waals surface area contributed by atoms with Crippen LogP contribution in [-0.4, -0.2) is 79.0 Å². The highest BCUT2D eigenvalue weighted by Gasteiger charge is 2.18. The Balaban J connectivity index is 1.38. The summed E-state index contributed by atoms with van der Waals surface area (Å²) in [5.41, 5.74) is 6.41. The number of amides is 1. The zero-order valence-corrected chi connectivity index (χ0v) is 19.6. The number of hydrogen-bond donors (Lipinski definition) is 3. The maximum Gasteiger partial charge on any atom is 0.256 e. The number of β-amino-alcohol motifs (C(OH)–C–C–N with tert-alkyl or cyclic N) is 1. The van der Waals surface area contributed by atoms with Crippen molar-refractivity contribution < 1.29 is 9.90 Å². The van der Waals surface area contributed by atoms with Crippen LogP contribution in [0, 0.1) is 0 Å². The van der Waals surface area contributed by atoms with E-state index in [0.29, 0.717) is 17.9 Å². The van der Waals surface area contributed by atoms with Crippen LogP contribution in [-0.2, 0) is 0 Å². The number of rotatable bonds is 4. The van der Waals surface area contributed by atoms with E-state index in [1.807, 2.05) is 55.5 Å². The van der Waals surface area contributed by atoms with Crippen LogP contribution in [0.3, 0.4) is 0 Å². The first-order valence-corrected chi connectivity index (χ1v) is 11.4. The lowest BCUT2D eigenvalue weighted by Gasteiger charge is -2.36. The summed E-state index contributed by atoms with van der Waals surface area (Å²) in [4.78, 5) is 21.9. The van der Waals surface area contributed by atoms with Crippen molar-refractivity contribution in [1.82, 2.24) is 15.3 Å². The first-order valence-electron chi connectivity index (χ1n) is 11.4. The SMILES string of the molecule is CC(O)CN1CCN(c2ccc(C(=O)NC3=N/N(C)Nc4ccccc4N=C\C=C\3)cc2)CC1. The molecule has 178 valence electrons. The van der Waals surface area contributed by atoms with E-state index in [1.165, 1.54) is 0 Å². The molecule has 1 fully saturated rings. The number of allylic oxidation sites excluding steroid dienone is 1. The van der Waals surface area contributed by atoms with E-state index in [2.05, 4.69) is 30.6 Å². The number of aliphatic imine (C=N–C) groups is 1. The molecule has 2 aromatic carbocycles. The van der Waals surface area contributed by atoms with Crippen LogP contribution in [0.1, 0.15) is 17.3 Å². The van der Waals surface area contributed by atoms with E-state index in [4.69, 9.17) is 0 Å². The molecule has 0 saturated carbocycles. The highest BCUT2D eigenvalue weighted by atomic mass is 16.3. The summed E-state index contributed by atoms with van der Waals surface area (Å²) in [6.07, 6.45) is 4.81. The molecule has 4 rings (SSSR count). The number of aliphatic hydroxyl groups is 1. The molecule has 2 aromatic rings. The predicted molar refractivity (Wildman–Crippen MR) is 137 cm³/mol. The van der Waals surface area contributed by atoms with Gasteiger partial charge in [0.05, 0.1) is 17.5 Å². The van der Waals surface area contributed by atoms with Gasteiger partial charge in [-0.25, -0.2) is 5.12 Å². The van der Waals surface area contributed by atoms with Gasteiger partial charge in [-0.1, -0.05) is 12.1 Å². The van der Waals surface area contributed by atoms with Gasteiger partial charge in [0, 0.05) is 57.2 Å². The smallest absolute Gasteiger partial charge is 0.256 e. The van der Waals surface area contributed by atoms with Gasteiger partial charge in [-0.05, 0) is 55.5 Å². The van der Waals surface area contributed by atoms with Crippen molar-refractivity contribution in [2.24, 2.45) is 10.1 Å². The Bertz CT molecular complexity index is 1070. The van der Waals surface area contributed by atoms with Crippen LogP contribution in [0.5, 0.6) is 0 Å². The summed E-state index contributed by atoms with van der Waals surface area (Å²) < 4.78 is 0. The lowest BCUT2D eigenvalue weighted by atomic mass is 10.1. The Morgan fingerprint density at radius 3 is 2.59 bits per heavy atom. The summed E-state index contributed by atoms with van der Waals surface area (Å²) in [5, 5.41) is 18.4. The number of amidine groups is 1. The molecule has 2 aliphatic heterocycles. The summed E-state index contributed by atoms with van der Waals surface area (Å²) in [6.45, 7) is 6.13. The number of hydrazone groups is 1. The predicted octanol–water partition coefficient (Wildman–Crippen LogP) is 2.46. The highest BCUT2D eigenvalue weighted by molar-refractivity contribution is 6.11. The van der Waals surface area contributed by atoms with Gasteiger partial charge in [-0.15, -0.1) is 5.10 Å². The normalized spacial score (nSPS) is 19.9. The van der Waals surface area contributed by atoms with Crippen molar-refractivity contribution in [3.63, 3.8) is 0 Å². The summed E-state index contributed by atoms with van der Waals surface area (Å²) in [6, 6.07) is 15.3. The molecule has 1 amide bonds. The summed E-state index contributed by atoms with van der Waals surface area (Å²) in [5.74, 6) is 0.156. The monoisotopic (exact) mass is 461 g/mol. The lowest BCUT2D eigenvalue weighted by molar-refractivity contribution is 0.0976. The molecule has 9 heteroatoms. The maximum absolute atomic E-state index is 12.9. The second-order valence-electron chi connectivity index (χ2n) is 8.41. The molecule has 3 N–H and O–H groups in total. The van der Waals surface area contributed by atoms with Crippen LogP contribution in [0.2, 0.25) is 0 Å². The number of anilines is 2. The molecule has 2 heterocycles. The minimum atomic E-state index is -0.311. The lowest BCUT2D eigenvalue weighted by Crippen LogP contribution is -2.48. The van der Waals surface area contributed by atoms with Gasteiger partial charge in [-0.3, -0.25) is 20.1 Å². The number of fused-ring (bicyclic) bond motifs is 1. The summed E-state index contributed by atoms with van der Waals surface area (Å²) in [7, 11) is 1.76. The van der Waals surface area contributed by atoms with E-state index in [9.17, 15) is 9.90 Å². The van der Waals surface area contributed by atoms with Crippen molar-refractivity contribution in [1.29, 1.82) is 0 Å². The molecule has 0 aliphatic carbocycles. The van der Waals surface area contributed by atoms with Crippen LogP contribution < -0.4 is 15.6 Å². The zero-order valence-electron chi connectivity index (χ0n) is 19.6. The van der Waals surface area contributed by atoms with Crippen LogP contribution in [0.4, 0.5) is 17.1 Å². The fourth-order valence-corrected chi connectivity index (χ4v) is 3.97. The van der Waals surface area contributed by atoms with E-state index in [-0.39, 0.29) is 12.0 Å². The molecular weight excluding hydrogens is 430 g/mol. The quantitative estimate of drug-likeness (QED) is 0.648. The van der Waals surface area contributed by atoms with Gasteiger partial charge in [0.15, 0.2) is 5.84 Å². The van der Waals surface area contributed by atoms with Gasteiger partial charge in [0.25, 0.3) is 5.91 Å². The number of hydrogen-bond acceptors (Lipinski definition) is 8. The fourth-order valence-electron chi connectivity index (χ4n) is 3.97. The van der Waals surface area contributed by atoms with Crippen LogP contribution in [0.15, 0.2) is 70.8 Å². The molecule has 0 bridgehead atoms. The first kappa shape index (κ1) is 23.5. The molecule has 0 aromatic heterocycles. The van der Waals surface area contributed by atoms with E-state index in [0.717, 1.165) is 43.2 Å². The Morgan fingerprint density at radius 2 is 1.85 bits per heavy atom. The van der Waals surface area contributed by atoms with Crippen molar-refractivity contribution in [3.8, 4) is 0 Å². The number of para-hydroxylation sites is 2. The van der Waals surface area contributed by atoms with Gasteiger partial charge in [0.2, 0.25) is 0 Å². The van der Waals surface area contributed by atoms with Gasteiger partial charge < -0.3 is 15.3 Å². The number of aliphatic hydroxyl groups excluding tert-OH is 1. The van der Waals surface area contributed by atoms with E-state index < -0.39 is 0 Å². The largest absolute Gasteiger partial charge is 0.392 e. The fraction of sp³-hybridized carbons (Fsp3) is 0.320. The molecule has 1 unspecified atom stereocenters. The van der Waals surface area contributed by atoms with Crippen LogP contribution >= 0.6 is 0 Å². The zero-order chi connectivity index (χ0) is 23.9. The average Bonchev–Trinajstić information content (AvgIpc) is 2.83. The summed E-state index contributed by atoms with van der Waals surface area (Å²) >= 11 is 0. The van der Waals surface area contributed by atoms with Gasteiger partial charge >= 0.3 is 0 Å². The highest BCUT2D eigenvalue weighted by Crippen LogP contribution is 2.24. The molecule has 2 aliphatic rings. The molecule has 1 atom stereocenters. The second-order valence-corrected chi connectivity index (χ2v) is 8.41. The van der Waals surface area contributed by atoms with Gasteiger partial charge in [0.1, 0.15) is 0 Å². The maximum atomic E-state index is 12.9. The van der Waals surface area contributed by atoms with Crippen molar-refractivity contribution in [2.45, 2.75) is 13.0 Å². The van der Waals surface area contributed by atoms with Gasteiger partial charge in [-0.2, -0.15) is 0 Å². The van der Waals surface area contributed by atoms with E-state index >= 15 is 0 Å². The molecule has 1 saturated heterocycles. The number of hydrazine groups is 1. The first-order chi connectivity index (χ1) is 16.5. The van der Waals surface area contributed by atoms with Crippen LogP contribution in [0.25, 0.3) is 0 Å². The molecule has 0 spiro atoms. The molecule has 9 nitrogen and oxygen atoms in total. The Hall–Kier alpha value is -3.69. The number of piperazine rings is 1. The van der Waals surface area contributed by atoms with Crippen molar-refractivity contribution in [3.05, 3.63) is 66.2 Å². The van der Waals surface area contributed by atoms with Crippen molar-refractivity contribution in [2.75, 3.05) is 50.1 Å². The number of carbonyl (C=O) groups is 1. The third-order valence-electron chi connectivity index (χ3n) is 5.63. The number of nitrogens with zero attached hydrogens (tertiary/aromatic N) is 5. The molecule has 0 radical (unpaired) electrons. The van der Waals surface area contributed by atoms with E-state index in [1.54, 1.807) is 30.5 Å². The standard InChI is InChI=1S/C25H31N7O2/c1-19(33)18-31-14-16-32(17-15-31)21-11-9-20(10-12-21)25(34)27-24-8-5-13-26-22-6-3-4-7-23(22)28-30(2)29-24/h3-13,19,28,33H,14-18H2,1-2H3,(H,27,29,34)/b8-5+,26-13?.